The fourth-order valence-corrected chi connectivity index (χ4v) is 2.69. The van der Waals surface area contributed by atoms with Gasteiger partial charge in [-0.2, -0.15) is 0 Å². The molecule has 0 bridgehead atoms. The predicted octanol–water partition coefficient (Wildman–Crippen LogP) is 3.81. The molecule has 2 N–H and O–H groups in total. The fraction of sp³-hybridized carbons (Fsp3) is 0.333. The van der Waals surface area contributed by atoms with E-state index in [0.29, 0.717) is 16.5 Å². The highest BCUT2D eigenvalue weighted by Gasteiger charge is 2.17. The first kappa shape index (κ1) is 20.4. The van der Waals surface area contributed by atoms with Gasteiger partial charge in [0.1, 0.15) is 12.2 Å². The third kappa shape index (κ3) is 7.06. The molecule has 1 heterocycles. The number of benzene rings is 1. The first-order valence-electron chi connectivity index (χ1n) is 8.11. The minimum Gasteiger partial charge on any atom is -0.456 e. The second-order valence-corrected chi connectivity index (χ2v) is 7.47. The Morgan fingerprint density at radius 2 is 1.93 bits per heavy atom. The van der Waals surface area contributed by atoms with Crippen LogP contribution in [0.3, 0.4) is 0 Å². The number of hydrogen-bond acceptors (Lipinski definition) is 7. The zero-order chi connectivity index (χ0) is 20.0. The largest absolute Gasteiger partial charge is 0.456 e. The Balaban J connectivity index is 1.93. The lowest BCUT2D eigenvalue weighted by Gasteiger charge is -2.19. The Kier molecular flexibility index (Phi) is 6.51. The minimum absolute atomic E-state index is 0.0291. The number of hydrogen-bond donors (Lipinski definition) is 2. The summed E-state index contributed by atoms with van der Waals surface area (Å²) in [4.78, 5) is 39.2. The highest BCUT2D eigenvalue weighted by atomic mass is 32.1. The van der Waals surface area contributed by atoms with E-state index in [-0.39, 0.29) is 18.1 Å². The maximum Gasteiger partial charge on any atom is 0.412 e. The van der Waals surface area contributed by atoms with E-state index in [1.807, 2.05) is 0 Å². The van der Waals surface area contributed by atoms with Crippen LogP contribution in [0.5, 0.6) is 0 Å². The van der Waals surface area contributed by atoms with E-state index in [9.17, 15) is 14.4 Å². The summed E-state index contributed by atoms with van der Waals surface area (Å²) in [7, 11) is 0. The van der Waals surface area contributed by atoms with Crippen LogP contribution < -0.4 is 10.6 Å². The van der Waals surface area contributed by atoms with Gasteiger partial charge >= 0.3 is 12.1 Å². The Morgan fingerprint density at radius 3 is 2.59 bits per heavy atom. The summed E-state index contributed by atoms with van der Waals surface area (Å²) < 4.78 is 10.4. The summed E-state index contributed by atoms with van der Waals surface area (Å²) in [5.74, 6) is -0.779. The van der Waals surface area contributed by atoms with Crippen molar-refractivity contribution in [2.24, 2.45) is 0 Å². The van der Waals surface area contributed by atoms with E-state index in [1.54, 1.807) is 44.4 Å². The first-order valence-corrected chi connectivity index (χ1v) is 8.99. The fourth-order valence-electron chi connectivity index (χ4n) is 1.95. The molecule has 0 aliphatic heterocycles. The number of ether oxygens (including phenoxy) is 2. The van der Waals surface area contributed by atoms with Gasteiger partial charge in [-0.3, -0.25) is 10.1 Å². The van der Waals surface area contributed by atoms with Crippen molar-refractivity contribution in [2.45, 2.75) is 39.9 Å². The first-order chi connectivity index (χ1) is 12.6. The molecule has 0 unspecified atom stereocenters. The van der Waals surface area contributed by atoms with Crippen molar-refractivity contribution >= 4 is 40.1 Å². The maximum atomic E-state index is 12.2. The van der Waals surface area contributed by atoms with Gasteiger partial charge in [-0.05, 0) is 39.0 Å². The van der Waals surface area contributed by atoms with Crippen LogP contribution in [-0.4, -0.2) is 28.6 Å². The van der Waals surface area contributed by atoms with E-state index in [4.69, 9.17) is 9.47 Å². The molecule has 0 atom stereocenters. The summed E-state index contributed by atoms with van der Waals surface area (Å²) in [5, 5.41) is 7.27. The van der Waals surface area contributed by atoms with Crippen LogP contribution in [0.1, 0.15) is 43.7 Å². The molecule has 0 radical (unpaired) electrons. The Hall–Kier alpha value is -2.94. The lowest BCUT2D eigenvalue weighted by molar-refractivity contribution is -0.114. The second-order valence-electron chi connectivity index (χ2n) is 6.61. The number of nitrogens with one attached hydrogen (secondary N) is 2. The number of carbonyl (C=O) groups is 3. The molecule has 0 aliphatic rings. The topological polar surface area (TPSA) is 107 Å². The number of nitrogens with zero attached hydrogens (tertiary/aromatic N) is 1. The molecule has 0 spiro atoms. The molecular weight excluding hydrogens is 370 g/mol. The van der Waals surface area contributed by atoms with E-state index < -0.39 is 17.7 Å². The molecule has 8 nitrogen and oxygen atoms in total. The standard InChI is InChI=1S/C18H21N3O5S/c1-11(22)19-16-20-14(10-27-16)9-25-15(23)12-6-5-7-13(8-12)21-17(24)26-18(2,3)4/h5-8,10H,9H2,1-4H3,(H,21,24)(H,19,20,22). The van der Waals surface area contributed by atoms with Crippen LogP contribution >= 0.6 is 11.3 Å². The van der Waals surface area contributed by atoms with E-state index in [2.05, 4.69) is 15.6 Å². The summed E-state index contributed by atoms with van der Waals surface area (Å²) in [6.07, 6.45) is -0.610. The molecule has 0 aliphatic carbocycles. The van der Waals surface area contributed by atoms with Gasteiger partial charge in [-0.15, -0.1) is 11.3 Å². The van der Waals surface area contributed by atoms with E-state index in [0.717, 1.165) is 0 Å². The number of amides is 2. The molecule has 0 saturated heterocycles. The Bertz CT molecular complexity index is 842. The number of aromatic nitrogens is 1. The van der Waals surface area contributed by atoms with Gasteiger partial charge in [0.05, 0.1) is 11.3 Å². The monoisotopic (exact) mass is 391 g/mol. The summed E-state index contributed by atoms with van der Waals surface area (Å²) >= 11 is 1.24. The highest BCUT2D eigenvalue weighted by Crippen LogP contribution is 2.18. The average molecular weight is 391 g/mol. The van der Waals surface area contributed by atoms with Crippen LogP contribution in [0, 0.1) is 0 Å². The quantitative estimate of drug-likeness (QED) is 0.751. The molecule has 144 valence electrons. The number of carbonyl (C=O) groups excluding carboxylic acids is 3. The van der Waals surface area contributed by atoms with E-state index >= 15 is 0 Å². The molecule has 0 saturated carbocycles. The normalized spacial score (nSPS) is 10.8. The molecule has 2 aromatic rings. The SMILES string of the molecule is CC(=O)Nc1nc(COC(=O)c2cccc(NC(=O)OC(C)(C)C)c2)cs1. The van der Waals surface area contributed by atoms with Crippen LogP contribution in [0.15, 0.2) is 29.6 Å². The number of thiazole rings is 1. The van der Waals surface area contributed by atoms with Crippen molar-refractivity contribution in [1.29, 1.82) is 0 Å². The smallest absolute Gasteiger partial charge is 0.412 e. The van der Waals surface area contributed by atoms with Crippen molar-refractivity contribution in [3.63, 3.8) is 0 Å². The second kappa shape index (κ2) is 8.63. The lowest BCUT2D eigenvalue weighted by atomic mass is 10.2. The average Bonchev–Trinajstić information content (AvgIpc) is 2.97. The lowest BCUT2D eigenvalue weighted by Crippen LogP contribution is -2.27. The molecule has 9 heteroatoms. The maximum absolute atomic E-state index is 12.2. The summed E-state index contributed by atoms with van der Waals surface area (Å²) in [5.41, 5.74) is 0.603. The predicted molar refractivity (Wildman–Crippen MR) is 102 cm³/mol. The third-order valence-electron chi connectivity index (χ3n) is 2.93. The number of anilines is 2. The zero-order valence-corrected chi connectivity index (χ0v) is 16.3. The molecule has 2 rings (SSSR count). The van der Waals surface area contributed by atoms with Gasteiger partial charge in [0.15, 0.2) is 5.13 Å². The van der Waals surface area contributed by atoms with E-state index in [1.165, 1.54) is 24.3 Å². The van der Waals surface area contributed by atoms with Crippen LogP contribution in [0.2, 0.25) is 0 Å². The van der Waals surface area contributed by atoms with Crippen LogP contribution in [0.4, 0.5) is 15.6 Å². The third-order valence-corrected chi connectivity index (χ3v) is 3.74. The Morgan fingerprint density at radius 1 is 1.19 bits per heavy atom. The minimum atomic E-state index is -0.621. The van der Waals surface area contributed by atoms with Gasteiger partial charge < -0.3 is 14.8 Å². The van der Waals surface area contributed by atoms with Gasteiger partial charge in [-0.25, -0.2) is 14.6 Å². The Labute approximate surface area is 160 Å². The van der Waals surface area contributed by atoms with Gasteiger partial charge in [0.25, 0.3) is 0 Å². The number of rotatable bonds is 5. The van der Waals surface area contributed by atoms with Crippen molar-refractivity contribution < 1.29 is 23.9 Å². The molecule has 0 fully saturated rings. The van der Waals surface area contributed by atoms with Crippen molar-refractivity contribution in [2.75, 3.05) is 10.6 Å². The molecule has 2 amide bonds. The van der Waals surface area contributed by atoms with Crippen molar-refractivity contribution in [1.82, 2.24) is 4.98 Å². The molecule has 27 heavy (non-hydrogen) atoms. The molecule has 1 aromatic carbocycles. The zero-order valence-electron chi connectivity index (χ0n) is 15.5. The van der Waals surface area contributed by atoms with Crippen molar-refractivity contribution in [3.05, 3.63) is 40.9 Å². The van der Waals surface area contributed by atoms with Crippen LogP contribution in [-0.2, 0) is 20.9 Å². The molecule has 1 aromatic heterocycles. The molecular formula is C18H21N3O5S. The number of esters is 1. The van der Waals surface area contributed by atoms with Crippen molar-refractivity contribution in [3.8, 4) is 0 Å². The van der Waals surface area contributed by atoms with Gasteiger partial charge in [-0.1, -0.05) is 6.07 Å². The van der Waals surface area contributed by atoms with Gasteiger partial charge in [0.2, 0.25) is 5.91 Å². The highest BCUT2D eigenvalue weighted by molar-refractivity contribution is 7.13. The summed E-state index contributed by atoms with van der Waals surface area (Å²) in [6, 6.07) is 6.34. The van der Waals surface area contributed by atoms with Crippen LogP contribution in [0.25, 0.3) is 0 Å². The summed E-state index contributed by atoms with van der Waals surface area (Å²) in [6.45, 7) is 6.64. The van der Waals surface area contributed by atoms with Gasteiger partial charge in [0, 0.05) is 18.0 Å².